The van der Waals surface area contributed by atoms with Crippen molar-refractivity contribution in [2.45, 2.75) is 24.3 Å². The predicted octanol–water partition coefficient (Wildman–Crippen LogP) is 2.19. The number of rotatable bonds is 6. The van der Waals surface area contributed by atoms with Crippen LogP contribution in [0.25, 0.3) is 0 Å². The normalized spacial score (nSPS) is 17.3. The van der Waals surface area contributed by atoms with Gasteiger partial charge in [0.25, 0.3) is 5.91 Å². The van der Waals surface area contributed by atoms with Crippen molar-refractivity contribution in [1.29, 1.82) is 0 Å². The Morgan fingerprint density at radius 1 is 1.32 bits per heavy atom. The van der Waals surface area contributed by atoms with Crippen LogP contribution < -0.4 is 5.32 Å². The first-order valence-corrected chi connectivity index (χ1v) is 11.2. The van der Waals surface area contributed by atoms with Gasteiger partial charge in [0.05, 0.1) is 13.2 Å². The Hall–Kier alpha value is -1.26. The van der Waals surface area contributed by atoms with Gasteiger partial charge >= 0.3 is 0 Å². The number of thiophene rings is 2. The van der Waals surface area contributed by atoms with Crippen LogP contribution in [0.15, 0.2) is 33.2 Å². The average molecular weight is 401 g/mol. The maximum absolute atomic E-state index is 12.8. The SMILES string of the molecule is CC(Cc1ccsc1)NC(=O)c1sccc1S(=O)(=O)N1CCOCC1. The van der Waals surface area contributed by atoms with Crippen molar-refractivity contribution in [1.82, 2.24) is 9.62 Å². The van der Waals surface area contributed by atoms with E-state index in [1.165, 1.54) is 10.4 Å². The fourth-order valence-corrected chi connectivity index (χ4v) is 6.09. The van der Waals surface area contributed by atoms with E-state index < -0.39 is 10.0 Å². The lowest BCUT2D eigenvalue weighted by molar-refractivity contribution is 0.0730. The first-order chi connectivity index (χ1) is 12.0. The first-order valence-electron chi connectivity index (χ1n) is 7.96. The summed E-state index contributed by atoms with van der Waals surface area (Å²) < 4.78 is 32.2. The number of sulfonamides is 1. The Morgan fingerprint density at radius 2 is 2.08 bits per heavy atom. The number of carbonyl (C=O) groups excluding carboxylic acids is 1. The van der Waals surface area contributed by atoms with Gasteiger partial charge in [-0.3, -0.25) is 4.79 Å². The summed E-state index contributed by atoms with van der Waals surface area (Å²) in [7, 11) is -3.68. The summed E-state index contributed by atoms with van der Waals surface area (Å²) in [6, 6.07) is 3.45. The molecule has 0 bridgehead atoms. The number of nitrogens with one attached hydrogen (secondary N) is 1. The Balaban J connectivity index is 1.73. The van der Waals surface area contributed by atoms with Crippen LogP contribution in [0.1, 0.15) is 22.2 Å². The molecule has 1 amide bonds. The molecule has 2 aromatic heterocycles. The highest BCUT2D eigenvalue weighted by molar-refractivity contribution is 7.89. The molecule has 0 aliphatic carbocycles. The molecule has 6 nitrogen and oxygen atoms in total. The van der Waals surface area contributed by atoms with Gasteiger partial charge in [-0.15, -0.1) is 11.3 Å². The van der Waals surface area contributed by atoms with Gasteiger partial charge in [-0.2, -0.15) is 15.6 Å². The van der Waals surface area contributed by atoms with Gasteiger partial charge in [-0.05, 0) is 47.2 Å². The zero-order valence-electron chi connectivity index (χ0n) is 13.8. The van der Waals surface area contributed by atoms with E-state index in [2.05, 4.69) is 5.32 Å². The summed E-state index contributed by atoms with van der Waals surface area (Å²) in [6.45, 7) is 3.30. The summed E-state index contributed by atoms with van der Waals surface area (Å²) in [5.41, 5.74) is 1.16. The average Bonchev–Trinajstić information content (AvgIpc) is 3.27. The third-order valence-electron chi connectivity index (χ3n) is 3.92. The molecule has 1 atom stereocenters. The zero-order valence-corrected chi connectivity index (χ0v) is 16.3. The van der Waals surface area contributed by atoms with E-state index >= 15 is 0 Å². The monoisotopic (exact) mass is 400 g/mol. The molecule has 2 aromatic rings. The molecule has 1 unspecified atom stereocenters. The van der Waals surface area contributed by atoms with Gasteiger partial charge in [-0.1, -0.05) is 0 Å². The number of ether oxygens (including phenoxy) is 1. The fourth-order valence-electron chi connectivity index (χ4n) is 2.69. The standard InChI is InChI=1S/C16H20N2O4S3/c1-12(10-13-2-8-23-11-13)17-16(19)15-14(3-9-24-15)25(20,21)18-4-6-22-7-5-18/h2-3,8-9,11-12H,4-7,10H2,1H3,(H,17,19). The Morgan fingerprint density at radius 3 is 2.76 bits per heavy atom. The minimum absolute atomic E-state index is 0.0804. The van der Waals surface area contributed by atoms with Gasteiger partial charge in [0.1, 0.15) is 9.77 Å². The number of hydrogen-bond acceptors (Lipinski definition) is 6. The quantitative estimate of drug-likeness (QED) is 0.807. The maximum atomic E-state index is 12.8. The largest absolute Gasteiger partial charge is 0.379 e. The number of hydrogen-bond donors (Lipinski definition) is 1. The minimum atomic E-state index is -3.68. The van der Waals surface area contributed by atoms with Gasteiger partial charge in [0, 0.05) is 19.1 Å². The molecule has 25 heavy (non-hydrogen) atoms. The molecule has 0 radical (unpaired) electrons. The van der Waals surface area contributed by atoms with Gasteiger partial charge in [0.15, 0.2) is 0 Å². The Labute approximate surface area is 155 Å². The van der Waals surface area contributed by atoms with Crippen molar-refractivity contribution < 1.29 is 17.9 Å². The molecule has 1 N–H and O–H groups in total. The van der Waals surface area contributed by atoms with Gasteiger partial charge in [-0.25, -0.2) is 8.42 Å². The first kappa shape index (κ1) is 18.5. The van der Waals surface area contributed by atoms with Crippen LogP contribution in [0.5, 0.6) is 0 Å². The molecule has 136 valence electrons. The lowest BCUT2D eigenvalue weighted by Gasteiger charge is -2.26. The van der Waals surface area contributed by atoms with E-state index in [0.29, 0.717) is 32.7 Å². The Bertz CT molecular complexity index is 808. The van der Waals surface area contributed by atoms with E-state index in [4.69, 9.17) is 4.74 Å². The molecular formula is C16H20N2O4S3. The highest BCUT2D eigenvalue weighted by Crippen LogP contribution is 2.26. The van der Waals surface area contributed by atoms with Gasteiger partial charge in [0.2, 0.25) is 10.0 Å². The highest BCUT2D eigenvalue weighted by atomic mass is 32.2. The van der Waals surface area contributed by atoms with E-state index in [-0.39, 0.29) is 21.7 Å². The van der Waals surface area contributed by atoms with Crippen LogP contribution in [0, 0.1) is 0 Å². The summed E-state index contributed by atoms with van der Waals surface area (Å²) in [5.74, 6) is -0.343. The second-order valence-electron chi connectivity index (χ2n) is 5.84. The van der Waals surface area contributed by atoms with Crippen molar-refractivity contribution in [3.05, 3.63) is 38.7 Å². The van der Waals surface area contributed by atoms with Crippen molar-refractivity contribution in [2.75, 3.05) is 26.3 Å². The highest BCUT2D eigenvalue weighted by Gasteiger charge is 2.31. The smallest absolute Gasteiger partial charge is 0.262 e. The summed E-state index contributed by atoms with van der Waals surface area (Å²) in [6.07, 6.45) is 0.714. The molecular weight excluding hydrogens is 380 g/mol. The molecule has 0 aromatic carbocycles. The summed E-state index contributed by atoms with van der Waals surface area (Å²) >= 11 is 2.77. The second-order valence-corrected chi connectivity index (χ2v) is 9.44. The van der Waals surface area contributed by atoms with Crippen LogP contribution in [0.4, 0.5) is 0 Å². The van der Waals surface area contributed by atoms with E-state index in [1.54, 1.807) is 16.7 Å². The number of nitrogens with zero attached hydrogens (tertiary/aromatic N) is 1. The molecule has 3 heterocycles. The molecule has 0 spiro atoms. The maximum Gasteiger partial charge on any atom is 0.262 e. The Kier molecular flexibility index (Phi) is 5.90. The number of carbonyl (C=O) groups is 1. The minimum Gasteiger partial charge on any atom is -0.379 e. The lowest BCUT2D eigenvalue weighted by Crippen LogP contribution is -2.41. The molecule has 3 rings (SSSR count). The fraction of sp³-hybridized carbons (Fsp3) is 0.438. The number of amides is 1. The predicted molar refractivity (Wildman–Crippen MR) is 98.8 cm³/mol. The van der Waals surface area contributed by atoms with Crippen LogP contribution in [-0.2, 0) is 21.2 Å². The van der Waals surface area contributed by atoms with E-state index in [1.807, 2.05) is 23.8 Å². The van der Waals surface area contributed by atoms with Crippen LogP contribution in [-0.4, -0.2) is 51.0 Å². The summed E-state index contributed by atoms with van der Waals surface area (Å²) in [5, 5.41) is 8.59. The molecule has 9 heteroatoms. The molecule has 1 saturated heterocycles. The van der Waals surface area contributed by atoms with Crippen LogP contribution >= 0.6 is 22.7 Å². The second kappa shape index (κ2) is 7.96. The third-order valence-corrected chi connectivity index (χ3v) is 7.64. The topological polar surface area (TPSA) is 75.7 Å². The van der Waals surface area contributed by atoms with Gasteiger partial charge < -0.3 is 10.1 Å². The molecule has 1 aliphatic heterocycles. The van der Waals surface area contributed by atoms with Crippen LogP contribution in [0.3, 0.4) is 0 Å². The van der Waals surface area contributed by atoms with E-state index in [0.717, 1.165) is 16.9 Å². The zero-order chi connectivity index (χ0) is 17.9. The van der Waals surface area contributed by atoms with Crippen molar-refractivity contribution in [3.63, 3.8) is 0 Å². The third kappa shape index (κ3) is 4.29. The van der Waals surface area contributed by atoms with E-state index in [9.17, 15) is 13.2 Å². The molecule has 0 saturated carbocycles. The lowest BCUT2D eigenvalue weighted by atomic mass is 10.1. The van der Waals surface area contributed by atoms with Crippen LogP contribution in [0.2, 0.25) is 0 Å². The van der Waals surface area contributed by atoms with Crippen molar-refractivity contribution >= 4 is 38.6 Å². The number of morpholine rings is 1. The van der Waals surface area contributed by atoms with Crippen molar-refractivity contribution in [3.8, 4) is 0 Å². The van der Waals surface area contributed by atoms with Crippen molar-refractivity contribution in [2.24, 2.45) is 0 Å². The molecule has 1 aliphatic rings. The molecule has 1 fully saturated rings. The summed E-state index contributed by atoms with van der Waals surface area (Å²) in [4.78, 5) is 12.9.